The van der Waals surface area contributed by atoms with Gasteiger partial charge in [-0.3, -0.25) is 14.5 Å². The van der Waals surface area contributed by atoms with Crippen LogP contribution in [-0.4, -0.2) is 56.2 Å². The quantitative estimate of drug-likeness (QED) is 0.795. The Balaban J connectivity index is 1.60. The van der Waals surface area contributed by atoms with Gasteiger partial charge in [0.15, 0.2) is 0 Å². The predicted octanol–water partition coefficient (Wildman–Crippen LogP) is 1.62. The van der Waals surface area contributed by atoms with Crippen LogP contribution >= 0.6 is 0 Å². The Labute approximate surface area is 171 Å². The van der Waals surface area contributed by atoms with E-state index in [0.717, 1.165) is 38.0 Å². The third-order valence-electron chi connectivity index (χ3n) is 5.25. The number of nitrogens with one attached hydrogen (secondary N) is 1. The molecule has 29 heavy (non-hydrogen) atoms. The highest BCUT2D eigenvalue weighted by molar-refractivity contribution is 5.90. The van der Waals surface area contributed by atoms with E-state index >= 15 is 0 Å². The number of likely N-dealkylation sites (tertiary alicyclic amines) is 1. The summed E-state index contributed by atoms with van der Waals surface area (Å²) >= 11 is 0. The number of piperidine rings is 1. The summed E-state index contributed by atoms with van der Waals surface area (Å²) in [7, 11) is 0. The molecule has 0 saturated carbocycles. The zero-order valence-electron chi connectivity index (χ0n) is 17.5. The van der Waals surface area contributed by atoms with Gasteiger partial charge in [0, 0.05) is 43.0 Å². The van der Waals surface area contributed by atoms with Gasteiger partial charge in [0.05, 0.1) is 12.2 Å². The van der Waals surface area contributed by atoms with Gasteiger partial charge in [-0.05, 0) is 31.5 Å². The highest BCUT2D eigenvalue weighted by Crippen LogP contribution is 2.19. The van der Waals surface area contributed by atoms with Crippen LogP contribution in [0.4, 0.5) is 0 Å². The van der Waals surface area contributed by atoms with Crippen LogP contribution in [0, 0.1) is 0 Å². The zero-order valence-corrected chi connectivity index (χ0v) is 17.5. The Kier molecular flexibility index (Phi) is 6.74. The Morgan fingerprint density at radius 2 is 1.93 bits per heavy atom. The van der Waals surface area contributed by atoms with Gasteiger partial charge in [0.2, 0.25) is 5.82 Å². The van der Waals surface area contributed by atoms with Gasteiger partial charge in [0.1, 0.15) is 0 Å². The van der Waals surface area contributed by atoms with Gasteiger partial charge in [-0.2, -0.15) is 5.10 Å². The summed E-state index contributed by atoms with van der Waals surface area (Å²) in [6.07, 6.45) is 6.39. The lowest BCUT2D eigenvalue weighted by Crippen LogP contribution is -2.48. The minimum atomic E-state index is -0.258. The highest BCUT2D eigenvalue weighted by atomic mass is 16.2. The van der Waals surface area contributed by atoms with Gasteiger partial charge in [-0.15, -0.1) is 0 Å². The first-order valence-corrected chi connectivity index (χ1v) is 10.2. The van der Waals surface area contributed by atoms with Gasteiger partial charge in [0.25, 0.3) is 11.5 Å². The van der Waals surface area contributed by atoms with Crippen LogP contribution in [-0.2, 0) is 12.0 Å². The van der Waals surface area contributed by atoms with Crippen LogP contribution in [0.1, 0.15) is 56.3 Å². The highest BCUT2D eigenvalue weighted by Gasteiger charge is 2.24. The summed E-state index contributed by atoms with van der Waals surface area (Å²) in [6, 6.07) is 5.33. The van der Waals surface area contributed by atoms with Crippen LogP contribution in [0.3, 0.4) is 0 Å². The number of hydrogen-bond acceptors (Lipinski definition) is 6. The van der Waals surface area contributed by atoms with E-state index in [1.807, 2.05) is 6.07 Å². The summed E-state index contributed by atoms with van der Waals surface area (Å²) in [5, 5.41) is 7.51. The Morgan fingerprint density at radius 1 is 1.17 bits per heavy atom. The molecular weight excluding hydrogens is 368 g/mol. The average Bonchev–Trinajstić information content (AvgIpc) is 2.71. The lowest BCUT2D eigenvalue weighted by atomic mass is 9.92. The van der Waals surface area contributed by atoms with E-state index in [1.165, 1.54) is 0 Å². The third kappa shape index (κ3) is 5.69. The molecule has 1 unspecified atom stereocenters. The maximum absolute atomic E-state index is 12.2. The molecule has 1 atom stereocenters. The van der Waals surface area contributed by atoms with E-state index in [2.05, 4.69) is 46.1 Å². The van der Waals surface area contributed by atoms with Gasteiger partial charge in [-0.25, -0.2) is 14.6 Å². The Hall–Kier alpha value is -2.61. The summed E-state index contributed by atoms with van der Waals surface area (Å²) in [4.78, 5) is 34.8. The van der Waals surface area contributed by atoms with Crippen molar-refractivity contribution < 1.29 is 4.79 Å². The molecule has 8 heteroatoms. The van der Waals surface area contributed by atoms with Gasteiger partial charge in [-0.1, -0.05) is 27.2 Å². The van der Waals surface area contributed by atoms with Crippen LogP contribution in [0.2, 0.25) is 0 Å². The number of rotatable bonds is 6. The van der Waals surface area contributed by atoms with Gasteiger partial charge < -0.3 is 5.32 Å². The Bertz CT molecular complexity index is 875. The summed E-state index contributed by atoms with van der Waals surface area (Å²) in [5.41, 5.74) is 0.718. The second-order valence-corrected chi connectivity index (χ2v) is 8.50. The van der Waals surface area contributed by atoms with Gasteiger partial charge >= 0.3 is 0 Å². The van der Waals surface area contributed by atoms with E-state index in [0.29, 0.717) is 13.1 Å². The number of aromatic nitrogens is 4. The molecule has 1 fully saturated rings. The molecule has 156 valence electrons. The molecule has 2 aromatic rings. The largest absolute Gasteiger partial charge is 0.348 e. The van der Waals surface area contributed by atoms with E-state index < -0.39 is 0 Å². The minimum absolute atomic E-state index is 0.0823. The van der Waals surface area contributed by atoms with Crippen molar-refractivity contribution >= 4 is 5.91 Å². The van der Waals surface area contributed by atoms with Crippen LogP contribution in [0.25, 0.3) is 0 Å². The molecule has 0 spiro atoms. The molecule has 1 N–H and O–H groups in total. The van der Waals surface area contributed by atoms with Crippen molar-refractivity contribution in [2.45, 2.75) is 58.0 Å². The number of carbonyl (C=O) groups excluding carboxylic acids is 1. The predicted molar refractivity (Wildman–Crippen MR) is 111 cm³/mol. The van der Waals surface area contributed by atoms with E-state index in [4.69, 9.17) is 0 Å². The first-order chi connectivity index (χ1) is 13.8. The molecule has 0 aliphatic carbocycles. The number of amides is 1. The topological polar surface area (TPSA) is 93.0 Å². The molecule has 1 aliphatic heterocycles. The van der Waals surface area contributed by atoms with Crippen molar-refractivity contribution in [1.82, 2.24) is 30.0 Å². The molecule has 2 aromatic heterocycles. The lowest BCUT2D eigenvalue weighted by Gasteiger charge is -2.35. The van der Waals surface area contributed by atoms with Crippen molar-refractivity contribution in [3.63, 3.8) is 0 Å². The van der Waals surface area contributed by atoms with Crippen molar-refractivity contribution in [1.29, 1.82) is 0 Å². The van der Waals surface area contributed by atoms with E-state index in [-0.39, 0.29) is 28.7 Å². The molecule has 3 heterocycles. The zero-order chi connectivity index (χ0) is 20.9. The fourth-order valence-corrected chi connectivity index (χ4v) is 3.52. The smallest absolute Gasteiger partial charge is 0.289 e. The fraction of sp³-hybridized carbons (Fsp3) is 0.571. The third-order valence-corrected chi connectivity index (χ3v) is 5.25. The molecule has 3 rings (SSSR count). The molecule has 1 saturated heterocycles. The van der Waals surface area contributed by atoms with Crippen molar-refractivity contribution in [3.05, 3.63) is 52.5 Å². The fourth-order valence-electron chi connectivity index (χ4n) is 3.52. The Morgan fingerprint density at radius 3 is 2.66 bits per heavy atom. The summed E-state index contributed by atoms with van der Waals surface area (Å²) in [6.45, 7) is 9.02. The van der Waals surface area contributed by atoms with Crippen LogP contribution in [0.5, 0.6) is 0 Å². The van der Waals surface area contributed by atoms with Crippen LogP contribution in [0.15, 0.2) is 35.4 Å². The normalized spacial score (nSPS) is 17.8. The van der Waals surface area contributed by atoms with Crippen molar-refractivity contribution in [2.24, 2.45) is 0 Å². The van der Waals surface area contributed by atoms with E-state index in [9.17, 15) is 9.59 Å². The standard InChI is InChI=1S/C21H30N6O2/c1-21(2,3)17-8-9-18(28)27(25-17)14-13-26-12-5-4-7-16(26)15-24-20(29)19-22-10-6-11-23-19/h6,8-11,16H,4-5,7,12-15H2,1-3H3,(H,24,29). The maximum atomic E-state index is 12.2. The lowest BCUT2D eigenvalue weighted by molar-refractivity contribution is 0.0899. The molecular formula is C21H30N6O2. The maximum Gasteiger partial charge on any atom is 0.289 e. The number of nitrogens with zero attached hydrogens (tertiary/aromatic N) is 5. The van der Waals surface area contributed by atoms with E-state index in [1.54, 1.807) is 29.2 Å². The second kappa shape index (κ2) is 9.26. The molecule has 8 nitrogen and oxygen atoms in total. The summed E-state index contributed by atoms with van der Waals surface area (Å²) in [5.74, 6) is -0.0727. The van der Waals surface area contributed by atoms with Crippen LogP contribution < -0.4 is 10.9 Å². The first-order valence-electron chi connectivity index (χ1n) is 10.2. The first kappa shape index (κ1) is 21.1. The SMILES string of the molecule is CC(C)(C)c1ccc(=O)n(CCN2CCCCC2CNC(=O)c2ncccn2)n1. The molecule has 0 radical (unpaired) electrons. The van der Waals surface area contributed by atoms with Crippen molar-refractivity contribution in [2.75, 3.05) is 19.6 Å². The second-order valence-electron chi connectivity index (χ2n) is 8.50. The molecule has 1 aliphatic rings. The summed E-state index contributed by atoms with van der Waals surface area (Å²) < 4.78 is 1.56. The molecule has 0 aromatic carbocycles. The molecule has 0 bridgehead atoms. The monoisotopic (exact) mass is 398 g/mol. The number of hydrogen-bond donors (Lipinski definition) is 1. The molecule has 1 amide bonds. The minimum Gasteiger partial charge on any atom is -0.348 e. The number of carbonyl (C=O) groups is 1. The van der Waals surface area contributed by atoms with Crippen molar-refractivity contribution in [3.8, 4) is 0 Å². The average molecular weight is 399 g/mol.